The van der Waals surface area contributed by atoms with E-state index in [-0.39, 0.29) is 18.2 Å². The van der Waals surface area contributed by atoms with Crippen molar-refractivity contribution >= 4 is 44.9 Å². The molecule has 2 saturated heterocycles. The zero-order valence-corrected chi connectivity index (χ0v) is 20.1. The standard InChI is InChI=1S/C25H24BrN5O3/c26-19-4-2-6-21(15-19)31-16-18(14-24(31)32)25(33)27-20-5-1-3-17(13-20)22-7-8-23(29-28-22)30-9-11-34-12-10-30/h1-8,13,15,18H,9-12,14,16H2,(H,27,33). The molecule has 0 saturated carbocycles. The third-order valence-corrected chi connectivity index (χ3v) is 6.52. The number of halogens is 1. The van der Waals surface area contributed by atoms with Crippen LogP contribution in [0.15, 0.2) is 65.1 Å². The number of anilines is 3. The van der Waals surface area contributed by atoms with Gasteiger partial charge in [-0.2, -0.15) is 0 Å². The molecule has 1 aromatic heterocycles. The SMILES string of the molecule is O=C(Nc1cccc(-c2ccc(N3CCOCC3)nn2)c1)C1CC(=O)N(c2cccc(Br)c2)C1. The maximum atomic E-state index is 12.9. The summed E-state index contributed by atoms with van der Waals surface area (Å²) < 4.78 is 6.28. The lowest BCUT2D eigenvalue weighted by Gasteiger charge is -2.27. The molecule has 5 rings (SSSR count). The van der Waals surface area contributed by atoms with Crippen LogP contribution >= 0.6 is 15.9 Å². The van der Waals surface area contributed by atoms with Crippen molar-refractivity contribution in [1.82, 2.24) is 10.2 Å². The van der Waals surface area contributed by atoms with Crippen LogP contribution in [0.4, 0.5) is 17.2 Å². The van der Waals surface area contributed by atoms with Crippen LogP contribution in [0.25, 0.3) is 11.3 Å². The Morgan fingerprint density at radius 1 is 1.03 bits per heavy atom. The molecular formula is C25H24BrN5O3. The average molecular weight is 522 g/mol. The first-order valence-electron chi connectivity index (χ1n) is 11.2. The summed E-state index contributed by atoms with van der Waals surface area (Å²) in [5, 5.41) is 11.7. The third kappa shape index (κ3) is 4.95. The highest BCUT2D eigenvalue weighted by Gasteiger charge is 2.35. The summed E-state index contributed by atoms with van der Waals surface area (Å²) in [5.41, 5.74) is 3.03. The minimum Gasteiger partial charge on any atom is -0.378 e. The Morgan fingerprint density at radius 2 is 1.85 bits per heavy atom. The molecule has 2 aromatic carbocycles. The summed E-state index contributed by atoms with van der Waals surface area (Å²) in [6.45, 7) is 3.35. The van der Waals surface area contributed by atoms with Gasteiger partial charge < -0.3 is 19.9 Å². The minimum absolute atomic E-state index is 0.0531. The molecule has 1 unspecified atom stereocenters. The van der Waals surface area contributed by atoms with Gasteiger partial charge in [-0.05, 0) is 42.5 Å². The van der Waals surface area contributed by atoms with Crippen molar-refractivity contribution in [3.05, 3.63) is 65.1 Å². The van der Waals surface area contributed by atoms with Crippen LogP contribution in [0.1, 0.15) is 6.42 Å². The zero-order chi connectivity index (χ0) is 23.5. The molecule has 8 nitrogen and oxygen atoms in total. The second kappa shape index (κ2) is 9.90. The largest absolute Gasteiger partial charge is 0.378 e. The molecule has 1 N–H and O–H groups in total. The summed E-state index contributed by atoms with van der Waals surface area (Å²) in [5.74, 6) is 0.194. The van der Waals surface area contributed by atoms with Gasteiger partial charge in [-0.25, -0.2) is 0 Å². The van der Waals surface area contributed by atoms with Crippen LogP contribution in [0, 0.1) is 5.92 Å². The summed E-state index contributed by atoms with van der Waals surface area (Å²) in [4.78, 5) is 29.3. The summed E-state index contributed by atoms with van der Waals surface area (Å²) >= 11 is 3.43. The van der Waals surface area contributed by atoms with Crippen molar-refractivity contribution in [1.29, 1.82) is 0 Å². The number of hydrogen-bond acceptors (Lipinski definition) is 6. The molecule has 34 heavy (non-hydrogen) atoms. The van der Waals surface area contributed by atoms with E-state index >= 15 is 0 Å². The van der Waals surface area contributed by atoms with E-state index < -0.39 is 5.92 Å². The van der Waals surface area contributed by atoms with Crippen LogP contribution in [0.3, 0.4) is 0 Å². The van der Waals surface area contributed by atoms with Gasteiger partial charge in [0.25, 0.3) is 0 Å². The van der Waals surface area contributed by atoms with E-state index in [1.54, 1.807) is 4.90 Å². The topological polar surface area (TPSA) is 87.7 Å². The van der Waals surface area contributed by atoms with Crippen molar-refractivity contribution in [3.63, 3.8) is 0 Å². The Balaban J connectivity index is 1.25. The zero-order valence-electron chi connectivity index (χ0n) is 18.5. The molecule has 0 bridgehead atoms. The monoisotopic (exact) mass is 521 g/mol. The van der Waals surface area contributed by atoms with E-state index in [0.717, 1.165) is 40.3 Å². The predicted molar refractivity (Wildman–Crippen MR) is 134 cm³/mol. The molecular weight excluding hydrogens is 498 g/mol. The molecule has 1 atom stereocenters. The quantitative estimate of drug-likeness (QED) is 0.550. The van der Waals surface area contributed by atoms with Gasteiger partial charge in [-0.1, -0.05) is 34.1 Å². The number of hydrogen-bond donors (Lipinski definition) is 1. The maximum absolute atomic E-state index is 12.9. The number of nitrogens with zero attached hydrogens (tertiary/aromatic N) is 4. The Labute approximate surface area is 206 Å². The smallest absolute Gasteiger partial charge is 0.229 e. The van der Waals surface area contributed by atoms with Crippen molar-refractivity contribution in [3.8, 4) is 11.3 Å². The Morgan fingerprint density at radius 3 is 2.62 bits per heavy atom. The summed E-state index contributed by atoms with van der Waals surface area (Å²) in [7, 11) is 0. The lowest BCUT2D eigenvalue weighted by molar-refractivity contribution is -0.122. The molecule has 0 aliphatic carbocycles. The Bertz CT molecular complexity index is 1200. The Kier molecular flexibility index (Phi) is 6.55. The van der Waals surface area contributed by atoms with Crippen molar-refractivity contribution in [2.75, 3.05) is 48.0 Å². The van der Waals surface area contributed by atoms with Crippen molar-refractivity contribution in [2.45, 2.75) is 6.42 Å². The highest BCUT2D eigenvalue weighted by atomic mass is 79.9. The number of nitrogens with one attached hydrogen (secondary N) is 1. The molecule has 2 amide bonds. The van der Waals surface area contributed by atoms with Gasteiger partial charge in [0.2, 0.25) is 11.8 Å². The lowest BCUT2D eigenvalue weighted by Crippen LogP contribution is -2.36. The van der Waals surface area contributed by atoms with Crippen LogP contribution in [-0.2, 0) is 14.3 Å². The maximum Gasteiger partial charge on any atom is 0.229 e. The first-order chi connectivity index (χ1) is 16.6. The molecule has 0 radical (unpaired) electrons. The van der Waals surface area contributed by atoms with Crippen molar-refractivity contribution < 1.29 is 14.3 Å². The summed E-state index contributed by atoms with van der Waals surface area (Å²) in [6, 6.07) is 18.9. The molecule has 9 heteroatoms. The van der Waals surface area contributed by atoms with E-state index in [1.807, 2.05) is 60.7 Å². The normalized spacial score (nSPS) is 18.3. The van der Waals surface area contributed by atoms with E-state index in [9.17, 15) is 9.59 Å². The van der Waals surface area contributed by atoms with Gasteiger partial charge in [0.1, 0.15) is 0 Å². The van der Waals surface area contributed by atoms with Gasteiger partial charge in [-0.3, -0.25) is 9.59 Å². The van der Waals surface area contributed by atoms with Crippen LogP contribution in [0.5, 0.6) is 0 Å². The molecule has 3 heterocycles. The Hall–Kier alpha value is -3.30. The van der Waals surface area contributed by atoms with E-state index in [0.29, 0.717) is 25.4 Å². The summed E-state index contributed by atoms with van der Waals surface area (Å²) in [6.07, 6.45) is 0.187. The van der Waals surface area contributed by atoms with E-state index in [1.165, 1.54) is 0 Å². The first kappa shape index (κ1) is 22.5. The highest BCUT2D eigenvalue weighted by molar-refractivity contribution is 9.10. The average Bonchev–Trinajstić information content (AvgIpc) is 3.27. The fourth-order valence-electron chi connectivity index (χ4n) is 4.22. The number of aromatic nitrogens is 2. The van der Waals surface area contributed by atoms with Gasteiger partial charge in [0.15, 0.2) is 5.82 Å². The number of benzene rings is 2. The minimum atomic E-state index is -0.414. The molecule has 2 fully saturated rings. The molecule has 2 aliphatic heterocycles. The molecule has 3 aromatic rings. The van der Waals surface area contributed by atoms with Crippen LogP contribution in [0.2, 0.25) is 0 Å². The second-order valence-electron chi connectivity index (χ2n) is 8.33. The third-order valence-electron chi connectivity index (χ3n) is 6.03. The fraction of sp³-hybridized carbons (Fsp3) is 0.280. The first-order valence-corrected chi connectivity index (χ1v) is 12.0. The highest BCUT2D eigenvalue weighted by Crippen LogP contribution is 2.29. The fourth-order valence-corrected chi connectivity index (χ4v) is 4.60. The number of amides is 2. The van der Waals surface area contributed by atoms with Crippen molar-refractivity contribution in [2.24, 2.45) is 5.92 Å². The van der Waals surface area contributed by atoms with Gasteiger partial charge in [-0.15, -0.1) is 10.2 Å². The van der Waals surface area contributed by atoms with Crippen LogP contribution in [-0.4, -0.2) is 54.9 Å². The second-order valence-corrected chi connectivity index (χ2v) is 9.25. The molecule has 0 spiro atoms. The van der Waals surface area contributed by atoms with E-state index in [2.05, 4.69) is 36.3 Å². The lowest BCUT2D eigenvalue weighted by atomic mass is 10.1. The number of morpholine rings is 1. The van der Waals surface area contributed by atoms with Crippen LogP contribution < -0.4 is 15.1 Å². The number of carbonyl (C=O) groups excluding carboxylic acids is 2. The van der Waals surface area contributed by atoms with E-state index in [4.69, 9.17) is 4.74 Å². The number of carbonyl (C=O) groups is 2. The van der Waals surface area contributed by atoms with Gasteiger partial charge >= 0.3 is 0 Å². The van der Waals surface area contributed by atoms with Gasteiger partial charge in [0.05, 0.1) is 24.8 Å². The predicted octanol–water partition coefficient (Wildman–Crippen LogP) is 3.73. The molecule has 174 valence electrons. The number of ether oxygens (including phenoxy) is 1. The van der Waals surface area contributed by atoms with Gasteiger partial charge in [0, 0.05) is 47.5 Å². The molecule has 2 aliphatic rings. The number of rotatable bonds is 5.